The van der Waals surface area contributed by atoms with Gasteiger partial charge in [-0.2, -0.15) is 0 Å². The highest BCUT2D eigenvalue weighted by Gasteiger charge is 2.22. The fourth-order valence-electron chi connectivity index (χ4n) is 1.65. The molecule has 0 saturated heterocycles. The lowest BCUT2D eigenvalue weighted by atomic mass is 10.1. The van der Waals surface area contributed by atoms with E-state index >= 15 is 0 Å². The number of primary sulfonamides is 1. The minimum Gasteiger partial charge on any atom is -0.462 e. The predicted molar refractivity (Wildman–Crippen MR) is 84.9 cm³/mol. The van der Waals surface area contributed by atoms with Crippen molar-refractivity contribution in [3.8, 4) is 0 Å². The van der Waals surface area contributed by atoms with Crippen LogP contribution in [0.4, 0.5) is 0 Å². The van der Waals surface area contributed by atoms with E-state index in [1.807, 2.05) is 0 Å². The second-order valence-corrected chi connectivity index (χ2v) is 7.81. The summed E-state index contributed by atoms with van der Waals surface area (Å²) in [5.41, 5.74) is -0.0281. The van der Waals surface area contributed by atoms with E-state index in [9.17, 15) is 13.2 Å². The topological polar surface area (TPSA) is 86.5 Å². The molecule has 21 heavy (non-hydrogen) atoms. The Kier molecular flexibility index (Phi) is 6.65. The summed E-state index contributed by atoms with van der Waals surface area (Å²) in [7, 11) is -4.02. The summed E-state index contributed by atoms with van der Waals surface area (Å²) in [4.78, 5) is 11.7. The van der Waals surface area contributed by atoms with Gasteiger partial charge in [0.25, 0.3) is 0 Å². The lowest BCUT2D eigenvalue weighted by Gasteiger charge is -2.10. The van der Waals surface area contributed by atoms with Crippen LogP contribution >= 0.6 is 27.5 Å². The molecular formula is C13H17BrClNO4S. The molecule has 2 N–H and O–H groups in total. The van der Waals surface area contributed by atoms with E-state index in [-0.39, 0.29) is 22.1 Å². The maximum Gasteiger partial charge on any atom is 0.339 e. The molecule has 0 radical (unpaired) electrons. The van der Waals surface area contributed by atoms with Crippen molar-refractivity contribution in [2.75, 3.05) is 6.61 Å². The minimum absolute atomic E-state index is 0.0281. The van der Waals surface area contributed by atoms with Gasteiger partial charge in [0, 0.05) is 4.47 Å². The summed E-state index contributed by atoms with van der Waals surface area (Å²) in [5, 5.41) is 4.84. The standard InChI is InChI=1S/C13H17BrClNO4S/c1-8(2)4-3-5-20-13(17)10-6-9(14)7-11(12(10)15)21(16,18)19/h6-8H,3-5H2,1-2H3,(H2,16,18,19). The molecule has 0 aliphatic rings. The normalized spacial score (nSPS) is 11.7. The molecule has 8 heteroatoms. The van der Waals surface area contributed by atoms with Crippen molar-refractivity contribution in [3.63, 3.8) is 0 Å². The van der Waals surface area contributed by atoms with E-state index in [1.54, 1.807) is 0 Å². The quantitative estimate of drug-likeness (QED) is 0.588. The van der Waals surface area contributed by atoms with E-state index in [0.717, 1.165) is 12.8 Å². The van der Waals surface area contributed by atoms with E-state index in [1.165, 1.54) is 12.1 Å². The van der Waals surface area contributed by atoms with Gasteiger partial charge in [0.05, 0.1) is 17.2 Å². The summed E-state index contributed by atoms with van der Waals surface area (Å²) in [6.07, 6.45) is 1.67. The molecule has 0 atom stereocenters. The molecule has 0 spiro atoms. The Balaban J connectivity index is 2.93. The Morgan fingerprint density at radius 1 is 1.43 bits per heavy atom. The van der Waals surface area contributed by atoms with E-state index in [4.69, 9.17) is 21.5 Å². The maximum atomic E-state index is 12.0. The molecule has 0 aliphatic carbocycles. The van der Waals surface area contributed by atoms with Crippen molar-refractivity contribution in [1.29, 1.82) is 0 Å². The number of hydrogen-bond acceptors (Lipinski definition) is 4. The van der Waals surface area contributed by atoms with Gasteiger partial charge >= 0.3 is 5.97 Å². The van der Waals surface area contributed by atoms with Gasteiger partial charge in [0.15, 0.2) is 0 Å². The molecule has 1 aromatic carbocycles. The fraction of sp³-hybridized carbons (Fsp3) is 0.462. The van der Waals surface area contributed by atoms with E-state index in [2.05, 4.69) is 29.8 Å². The highest BCUT2D eigenvalue weighted by Crippen LogP contribution is 2.29. The van der Waals surface area contributed by atoms with Gasteiger partial charge < -0.3 is 4.74 Å². The summed E-state index contributed by atoms with van der Waals surface area (Å²) in [5.74, 6) is -0.151. The third-order valence-electron chi connectivity index (χ3n) is 2.69. The van der Waals surface area contributed by atoms with Crippen LogP contribution < -0.4 is 5.14 Å². The number of carbonyl (C=O) groups is 1. The SMILES string of the molecule is CC(C)CCCOC(=O)c1cc(Br)cc(S(N)(=O)=O)c1Cl. The predicted octanol–water partition coefficient (Wildman–Crippen LogP) is 3.34. The highest BCUT2D eigenvalue weighted by molar-refractivity contribution is 9.10. The first-order valence-corrected chi connectivity index (χ1v) is 9.03. The first-order chi connectivity index (χ1) is 9.62. The van der Waals surface area contributed by atoms with Crippen molar-refractivity contribution in [1.82, 2.24) is 0 Å². The first-order valence-electron chi connectivity index (χ1n) is 6.32. The number of nitrogens with two attached hydrogens (primary N) is 1. The maximum absolute atomic E-state index is 12.0. The molecule has 5 nitrogen and oxygen atoms in total. The van der Waals surface area contributed by atoms with E-state index in [0.29, 0.717) is 10.4 Å². The molecule has 0 unspecified atom stereocenters. The van der Waals surface area contributed by atoms with Gasteiger partial charge in [-0.05, 0) is 30.9 Å². The molecule has 0 aliphatic heterocycles. The number of ether oxygens (including phenoxy) is 1. The number of carbonyl (C=O) groups excluding carboxylic acids is 1. The van der Waals surface area contributed by atoms with Gasteiger partial charge in [0.1, 0.15) is 4.90 Å². The average molecular weight is 399 g/mol. The zero-order valence-electron chi connectivity index (χ0n) is 11.7. The average Bonchev–Trinajstić information content (AvgIpc) is 2.35. The van der Waals surface area contributed by atoms with Crippen LogP contribution in [0, 0.1) is 5.92 Å². The minimum atomic E-state index is -4.02. The molecule has 0 saturated carbocycles. The van der Waals surface area contributed by atoms with Crippen LogP contribution in [0.15, 0.2) is 21.5 Å². The van der Waals surface area contributed by atoms with Crippen LogP contribution in [-0.2, 0) is 14.8 Å². The second-order valence-electron chi connectivity index (χ2n) is 4.98. The lowest BCUT2D eigenvalue weighted by Crippen LogP contribution is -2.15. The van der Waals surface area contributed by atoms with Crippen LogP contribution in [0.3, 0.4) is 0 Å². The number of sulfonamides is 1. The van der Waals surface area contributed by atoms with Crippen LogP contribution in [0.5, 0.6) is 0 Å². The fourth-order valence-corrected chi connectivity index (χ4v) is 3.42. The molecule has 118 valence electrons. The van der Waals surface area contributed by atoms with E-state index < -0.39 is 16.0 Å². The Labute approximate surface area is 138 Å². The van der Waals surface area contributed by atoms with Gasteiger partial charge in [0.2, 0.25) is 10.0 Å². The van der Waals surface area contributed by atoms with Crippen LogP contribution in [0.1, 0.15) is 37.0 Å². The first kappa shape index (κ1) is 18.4. The molecular weight excluding hydrogens is 382 g/mol. The zero-order chi connectivity index (χ0) is 16.2. The Morgan fingerprint density at radius 3 is 2.57 bits per heavy atom. The van der Waals surface area contributed by atoms with Gasteiger partial charge in [-0.15, -0.1) is 0 Å². The lowest BCUT2D eigenvalue weighted by molar-refractivity contribution is 0.0494. The third-order valence-corrected chi connectivity index (χ3v) is 4.60. The number of rotatable bonds is 6. The van der Waals surface area contributed by atoms with Crippen LogP contribution in [-0.4, -0.2) is 21.0 Å². The van der Waals surface area contributed by atoms with Crippen molar-refractivity contribution in [2.45, 2.75) is 31.6 Å². The molecule has 1 rings (SSSR count). The zero-order valence-corrected chi connectivity index (χ0v) is 14.9. The Bertz CT molecular complexity index is 631. The largest absolute Gasteiger partial charge is 0.462 e. The Hall–Kier alpha value is -0.630. The van der Waals surface area contributed by atoms with Crippen molar-refractivity contribution in [2.24, 2.45) is 11.1 Å². The van der Waals surface area contributed by atoms with Crippen LogP contribution in [0.25, 0.3) is 0 Å². The molecule has 0 bridgehead atoms. The summed E-state index contributed by atoms with van der Waals surface area (Å²) in [6, 6.07) is 2.65. The van der Waals surface area contributed by atoms with Crippen LogP contribution in [0.2, 0.25) is 5.02 Å². The molecule has 1 aromatic rings. The molecule has 0 heterocycles. The van der Waals surface area contributed by atoms with Gasteiger partial charge in [-0.1, -0.05) is 41.4 Å². The molecule has 0 amide bonds. The summed E-state index contributed by atoms with van der Waals surface area (Å²) in [6.45, 7) is 4.40. The molecule has 0 aromatic heterocycles. The number of esters is 1. The van der Waals surface area contributed by atoms with Crippen molar-refractivity contribution >= 4 is 43.5 Å². The van der Waals surface area contributed by atoms with Crippen molar-refractivity contribution in [3.05, 3.63) is 27.2 Å². The number of benzene rings is 1. The van der Waals surface area contributed by atoms with Gasteiger partial charge in [-0.25, -0.2) is 18.4 Å². The highest BCUT2D eigenvalue weighted by atomic mass is 79.9. The van der Waals surface area contributed by atoms with Crippen molar-refractivity contribution < 1.29 is 17.9 Å². The summed E-state index contributed by atoms with van der Waals surface area (Å²) < 4.78 is 28.4. The molecule has 0 fully saturated rings. The monoisotopic (exact) mass is 397 g/mol. The second kappa shape index (κ2) is 7.58. The smallest absolute Gasteiger partial charge is 0.339 e. The van der Waals surface area contributed by atoms with Gasteiger partial charge in [-0.3, -0.25) is 0 Å². The Morgan fingerprint density at radius 2 is 2.05 bits per heavy atom. The number of hydrogen-bond donors (Lipinski definition) is 1. The number of halogens is 2. The summed E-state index contributed by atoms with van der Waals surface area (Å²) >= 11 is 9.07. The third kappa shape index (κ3) is 5.58.